The Hall–Kier alpha value is -2.24. The van der Waals surface area contributed by atoms with Gasteiger partial charge in [-0.15, -0.1) is 0 Å². The van der Waals surface area contributed by atoms with Gasteiger partial charge in [0.2, 0.25) is 5.91 Å². The second-order valence-electron chi connectivity index (χ2n) is 7.98. The van der Waals surface area contributed by atoms with Crippen LogP contribution in [0.2, 0.25) is 5.02 Å². The number of hydrogen-bond donors (Lipinski definition) is 1. The highest BCUT2D eigenvalue weighted by molar-refractivity contribution is 6.31. The lowest BCUT2D eigenvalue weighted by atomic mass is 9.93. The molecule has 30 heavy (non-hydrogen) atoms. The zero-order valence-corrected chi connectivity index (χ0v) is 18.8. The molecule has 5 nitrogen and oxygen atoms in total. The van der Waals surface area contributed by atoms with Crippen LogP contribution in [0.3, 0.4) is 0 Å². The molecule has 1 amide bonds. The predicted octanol–water partition coefficient (Wildman–Crippen LogP) is 5.30. The average molecular weight is 431 g/mol. The third-order valence-electron chi connectivity index (χ3n) is 5.68. The van der Waals surface area contributed by atoms with Crippen molar-refractivity contribution in [3.63, 3.8) is 0 Å². The second kappa shape index (κ2) is 10.7. The Morgan fingerprint density at radius 1 is 1.17 bits per heavy atom. The zero-order valence-electron chi connectivity index (χ0n) is 18.0. The van der Waals surface area contributed by atoms with Crippen molar-refractivity contribution in [2.75, 3.05) is 32.6 Å². The molecule has 1 aliphatic heterocycles. The third kappa shape index (κ3) is 6.13. The fourth-order valence-corrected chi connectivity index (χ4v) is 4.33. The Balaban J connectivity index is 1.49. The molecule has 2 aromatic rings. The molecule has 1 saturated heterocycles. The molecule has 0 radical (unpaired) electrons. The van der Waals surface area contributed by atoms with Crippen LogP contribution < -0.4 is 14.8 Å². The molecule has 0 aliphatic carbocycles. The number of rotatable bonds is 8. The highest BCUT2D eigenvalue weighted by Crippen LogP contribution is 2.29. The number of aryl methyl sites for hydroxylation is 1. The molecule has 1 aliphatic rings. The van der Waals surface area contributed by atoms with E-state index in [0.29, 0.717) is 28.8 Å². The first kappa shape index (κ1) is 22.4. The highest BCUT2D eigenvalue weighted by atomic mass is 35.5. The second-order valence-corrected chi connectivity index (χ2v) is 8.42. The molecule has 1 atom stereocenters. The van der Waals surface area contributed by atoms with Crippen LogP contribution in [0.1, 0.15) is 36.8 Å². The van der Waals surface area contributed by atoms with Gasteiger partial charge in [0, 0.05) is 24.5 Å². The first-order valence-corrected chi connectivity index (χ1v) is 10.9. The molecule has 1 heterocycles. The minimum Gasteiger partial charge on any atom is -0.496 e. The van der Waals surface area contributed by atoms with Crippen LogP contribution in [0.5, 0.6) is 11.5 Å². The molecule has 0 spiro atoms. The summed E-state index contributed by atoms with van der Waals surface area (Å²) in [6.45, 7) is 5.15. The fraction of sp³-hybridized carbons (Fsp3) is 0.458. The van der Waals surface area contributed by atoms with Crippen molar-refractivity contribution in [1.82, 2.24) is 4.90 Å². The van der Waals surface area contributed by atoms with Crippen molar-refractivity contribution in [2.24, 2.45) is 5.92 Å². The summed E-state index contributed by atoms with van der Waals surface area (Å²) >= 11 is 6.05. The molecule has 2 aromatic carbocycles. The van der Waals surface area contributed by atoms with E-state index in [9.17, 15) is 4.79 Å². The van der Waals surface area contributed by atoms with Gasteiger partial charge >= 0.3 is 0 Å². The lowest BCUT2D eigenvalue weighted by Gasteiger charge is -2.32. The van der Waals surface area contributed by atoms with Gasteiger partial charge in [0.15, 0.2) is 0 Å². The summed E-state index contributed by atoms with van der Waals surface area (Å²) in [6, 6.07) is 11.6. The number of anilines is 1. The van der Waals surface area contributed by atoms with Crippen LogP contribution in [0.25, 0.3) is 0 Å². The number of amides is 1. The number of likely N-dealkylation sites (tertiary alicyclic amines) is 1. The number of benzene rings is 2. The van der Waals surface area contributed by atoms with Crippen molar-refractivity contribution >= 4 is 23.2 Å². The van der Waals surface area contributed by atoms with Crippen molar-refractivity contribution in [2.45, 2.75) is 39.2 Å². The Morgan fingerprint density at radius 3 is 2.67 bits per heavy atom. The smallest absolute Gasteiger partial charge is 0.224 e. The molecule has 0 saturated carbocycles. The summed E-state index contributed by atoms with van der Waals surface area (Å²) in [7, 11) is 3.29. The third-order valence-corrected chi connectivity index (χ3v) is 5.92. The van der Waals surface area contributed by atoms with Gasteiger partial charge in [-0.3, -0.25) is 9.69 Å². The van der Waals surface area contributed by atoms with Crippen LogP contribution in [0.4, 0.5) is 5.69 Å². The van der Waals surface area contributed by atoms with Gasteiger partial charge in [-0.1, -0.05) is 23.7 Å². The number of carbonyl (C=O) groups is 1. The van der Waals surface area contributed by atoms with Crippen LogP contribution in [-0.4, -0.2) is 38.1 Å². The van der Waals surface area contributed by atoms with E-state index >= 15 is 0 Å². The van der Waals surface area contributed by atoms with Gasteiger partial charge in [-0.05, 0) is 74.0 Å². The van der Waals surface area contributed by atoms with E-state index in [1.54, 1.807) is 32.4 Å². The van der Waals surface area contributed by atoms with E-state index in [0.717, 1.165) is 37.4 Å². The van der Waals surface area contributed by atoms with E-state index in [-0.39, 0.29) is 5.91 Å². The number of nitrogens with zero attached hydrogens (tertiary/aromatic N) is 1. The Morgan fingerprint density at radius 2 is 1.93 bits per heavy atom. The quantitative estimate of drug-likeness (QED) is 0.617. The zero-order chi connectivity index (χ0) is 21.5. The maximum atomic E-state index is 12.5. The summed E-state index contributed by atoms with van der Waals surface area (Å²) in [4.78, 5) is 15.0. The standard InChI is InChI=1S/C24H31ClN2O3/c1-17-13-19(6-9-22(17)29-2)16-27-12-4-5-18(15-27)7-11-24(28)26-21-14-20(25)8-10-23(21)30-3/h6,8-10,13-14,18H,4-5,7,11-12,15-16H2,1-3H3,(H,26,28)/t18-/m0/s1. The van der Waals surface area contributed by atoms with Crippen molar-refractivity contribution in [3.05, 3.63) is 52.5 Å². The van der Waals surface area contributed by atoms with Crippen LogP contribution in [0.15, 0.2) is 36.4 Å². The lowest BCUT2D eigenvalue weighted by Crippen LogP contribution is -2.35. The van der Waals surface area contributed by atoms with Gasteiger partial charge in [-0.2, -0.15) is 0 Å². The van der Waals surface area contributed by atoms with E-state index in [1.165, 1.54) is 18.4 Å². The Labute approximate surface area is 184 Å². The van der Waals surface area contributed by atoms with Crippen molar-refractivity contribution < 1.29 is 14.3 Å². The number of carbonyl (C=O) groups excluding carboxylic acids is 1. The van der Waals surface area contributed by atoms with E-state index < -0.39 is 0 Å². The van der Waals surface area contributed by atoms with Crippen LogP contribution in [0, 0.1) is 12.8 Å². The summed E-state index contributed by atoms with van der Waals surface area (Å²) in [5.74, 6) is 2.08. The largest absolute Gasteiger partial charge is 0.496 e. The van der Waals surface area contributed by atoms with Crippen molar-refractivity contribution in [1.29, 1.82) is 0 Å². The number of ether oxygens (including phenoxy) is 2. The molecule has 6 heteroatoms. The Kier molecular flexibility index (Phi) is 8.00. The SMILES string of the molecule is COc1ccc(CN2CCC[C@@H](CCC(=O)Nc3cc(Cl)ccc3OC)C2)cc1C. The molecular weight excluding hydrogens is 400 g/mol. The minimum atomic E-state index is -0.00142. The number of methoxy groups -OCH3 is 2. The van der Waals surface area contributed by atoms with E-state index in [4.69, 9.17) is 21.1 Å². The highest BCUT2D eigenvalue weighted by Gasteiger charge is 2.21. The first-order valence-electron chi connectivity index (χ1n) is 10.5. The summed E-state index contributed by atoms with van der Waals surface area (Å²) < 4.78 is 10.7. The van der Waals surface area contributed by atoms with Gasteiger partial charge in [0.25, 0.3) is 0 Å². The molecule has 0 aromatic heterocycles. The van der Waals surface area contributed by atoms with Crippen molar-refractivity contribution in [3.8, 4) is 11.5 Å². The van der Waals surface area contributed by atoms with Crippen LogP contribution in [-0.2, 0) is 11.3 Å². The van der Waals surface area contributed by atoms with E-state index in [1.807, 2.05) is 6.07 Å². The van der Waals surface area contributed by atoms with Gasteiger partial charge in [-0.25, -0.2) is 0 Å². The number of hydrogen-bond acceptors (Lipinski definition) is 4. The Bertz CT molecular complexity index is 872. The van der Waals surface area contributed by atoms with Gasteiger partial charge < -0.3 is 14.8 Å². The van der Waals surface area contributed by atoms with Crippen LogP contribution >= 0.6 is 11.6 Å². The molecule has 0 bridgehead atoms. The number of nitrogens with one attached hydrogen (secondary N) is 1. The molecule has 1 N–H and O–H groups in total. The van der Waals surface area contributed by atoms with Gasteiger partial charge in [0.05, 0.1) is 19.9 Å². The molecule has 3 rings (SSSR count). The topological polar surface area (TPSA) is 50.8 Å². The maximum Gasteiger partial charge on any atom is 0.224 e. The first-order chi connectivity index (χ1) is 14.5. The fourth-order valence-electron chi connectivity index (χ4n) is 4.15. The number of piperidine rings is 1. The molecule has 0 unspecified atom stereocenters. The minimum absolute atomic E-state index is 0.00142. The summed E-state index contributed by atoms with van der Waals surface area (Å²) in [6.07, 6.45) is 3.72. The lowest BCUT2D eigenvalue weighted by molar-refractivity contribution is -0.116. The maximum absolute atomic E-state index is 12.5. The summed E-state index contributed by atoms with van der Waals surface area (Å²) in [5, 5.41) is 3.51. The molecule has 162 valence electrons. The monoisotopic (exact) mass is 430 g/mol. The summed E-state index contributed by atoms with van der Waals surface area (Å²) in [5.41, 5.74) is 3.09. The molecular formula is C24H31ClN2O3. The van der Waals surface area contributed by atoms with E-state index in [2.05, 4.69) is 29.3 Å². The van der Waals surface area contributed by atoms with Gasteiger partial charge in [0.1, 0.15) is 11.5 Å². The number of halogens is 1. The predicted molar refractivity (Wildman–Crippen MR) is 122 cm³/mol. The average Bonchev–Trinajstić information content (AvgIpc) is 2.73. The molecule has 1 fully saturated rings. The normalized spacial score (nSPS) is 16.9.